The highest BCUT2D eigenvalue weighted by Crippen LogP contribution is 2.23. The predicted octanol–water partition coefficient (Wildman–Crippen LogP) is 4.57. The quantitative estimate of drug-likeness (QED) is 0.626. The van der Waals surface area contributed by atoms with Crippen LogP contribution in [0.4, 0.5) is 13.2 Å². The minimum Gasteiger partial charge on any atom is -0.406 e. The summed E-state index contributed by atoms with van der Waals surface area (Å²) in [5.41, 5.74) is 1.68. The summed E-state index contributed by atoms with van der Waals surface area (Å²) in [6.45, 7) is 0.364. The maximum Gasteiger partial charge on any atom is 0.573 e. The molecule has 1 N–H and O–H groups in total. The van der Waals surface area contributed by atoms with Crippen LogP contribution in [-0.4, -0.2) is 23.8 Å². The van der Waals surface area contributed by atoms with Gasteiger partial charge in [0.1, 0.15) is 10.8 Å². The zero-order valence-corrected chi connectivity index (χ0v) is 14.8. The van der Waals surface area contributed by atoms with Gasteiger partial charge in [-0.15, -0.1) is 24.5 Å². The van der Waals surface area contributed by atoms with Crippen molar-refractivity contribution in [1.82, 2.24) is 10.3 Å². The Morgan fingerprint density at radius 3 is 2.59 bits per heavy atom. The number of para-hydroxylation sites is 1. The molecule has 27 heavy (non-hydrogen) atoms. The molecule has 1 amide bonds. The summed E-state index contributed by atoms with van der Waals surface area (Å²) in [4.78, 5) is 16.3. The average molecular weight is 392 g/mol. The van der Waals surface area contributed by atoms with Crippen molar-refractivity contribution in [2.45, 2.75) is 12.8 Å². The van der Waals surface area contributed by atoms with Crippen molar-refractivity contribution in [2.24, 2.45) is 0 Å². The lowest BCUT2D eigenvalue weighted by Gasteiger charge is -2.09. The Kier molecular flexibility index (Phi) is 5.75. The number of amides is 1. The summed E-state index contributed by atoms with van der Waals surface area (Å²) in [7, 11) is 0. The summed E-state index contributed by atoms with van der Waals surface area (Å²) in [5, 5.41) is 3.47. The van der Waals surface area contributed by atoms with Gasteiger partial charge < -0.3 is 10.1 Å². The van der Waals surface area contributed by atoms with E-state index in [9.17, 15) is 18.0 Å². The molecule has 0 bridgehead atoms. The highest BCUT2D eigenvalue weighted by molar-refractivity contribution is 7.19. The minimum atomic E-state index is -4.70. The van der Waals surface area contributed by atoms with E-state index in [1.807, 2.05) is 24.3 Å². The Labute approximate surface area is 157 Å². The van der Waals surface area contributed by atoms with Crippen LogP contribution in [0.5, 0.6) is 5.75 Å². The Hall–Kier alpha value is -2.87. The van der Waals surface area contributed by atoms with Crippen molar-refractivity contribution in [2.75, 3.05) is 6.54 Å². The summed E-state index contributed by atoms with van der Waals surface area (Å²) in [6, 6.07) is 13.3. The van der Waals surface area contributed by atoms with E-state index in [2.05, 4.69) is 15.0 Å². The van der Waals surface area contributed by atoms with E-state index in [1.54, 1.807) is 6.08 Å². The van der Waals surface area contributed by atoms with Gasteiger partial charge in [-0.05, 0) is 42.3 Å². The first-order chi connectivity index (χ1) is 12.9. The molecule has 0 spiro atoms. The Bertz CT molecular complexity index is 916. The highest BCUT2D eigenvalue weighted by Gasteiger charge is 2.30. The van der Waals surface area contributed by atoms with E-state index in [0.29, 0.717) is 13.0 Å². The number of benzene rings is 2. The summed E-state index contributed by atoms with van der Waals surface area (Å²) in [5.74, 6) is -0.527. The number of hydrogen-bond acceptors (Lipinski definition) is 4. The monoisotopic (exact) mass is 392 g/mol. The number of halogens is 3. The molecular formula is C19H15F3N2O2S. The number of carbonyl (C=O) groups excluding carboxylic acids is 1. The molecule has 2 aromatic carbocycles. The van der Waals surface area contributed by atoms with E-state index in [4.69, 9.17) is 0 Å². The van der Waals surface area contributed by atoms with Gasteiger partial charge in [0.05, 0.1) is 10.2 Å². The highest BCUT2D eigenvalue weighted by atomic mass is 32.1. The number of thiazole rings is 1. The number of nitrogens with zero attached hydrogens (tertiary/aromatic N) is 1. The van der Waals surface area contributed by atoms with Crippen LogP contribution in [0.1, 0.15) is 10.6 Å². The van der Waals surface area contributed by atoms with Crippen LogP contribution in [0, 0.1) is 0 Å². The fourth-order valence-corrected chi connectivity index (χ4v) is 3.23. The summed E-state index contributed by atoms with van der Waals surface area (Å²) in [6.07, 6.45) is -1.14. The first-order valence-corrected chi connectivity index (χ1v) is 8.87. The third-order valence-corrected chi connectivity index (χ3v) is 4.56. The zero-order chi connectivity index (χ0) is 19.3. The molecule has 0 unspecified atom stereocenters. The number of hydrogen-bond donors (Lipinski definition) is 1. The normalized spacial score (nSPS) is 11.8. The molecule has 0 radical (unpaired) electrons. The van der Waals surface area contributed by atoms with Crippen LogP contribution in [-0.2, 0) is 11.2 Å². The Morgan fingerprint density at radius 2 is 1.89 bits per heavy atom. The number of ether oxygens (including phenoxy) is 1. The molecular weight excluding hydrogens is 377 g/mol. The van der Waals surface area contributed by atoms with Gasteiger partial charge in [-0.1, -0.05) is 24.3 Å². The lowest BCUT2D eigenvalue weighted by Crippen LogP contribution is -2.23. The molecule has 0 saturated heterocycles. The minimum absolute atomic E-state index is 0.258. The molecule has 140 valence electrons. The first kappa shape index (κ1) is 18.9. The van der Waals surface area contributed by atoms with Crippen molar-refractivity contribution in [3.8, 4) is 5.75 Å². The third kappa shape index (κ3) is 5.82. The Balaban J connectivity index is 1.46. The van der Waals surface area contributed by atoms with Crippen molar-refractivity contribution >= 4 is 33.5 Å². The molecule has 0 fully saturated rings. The predicted molar refractivity (Wildman–Crippen MR) is 98.5 cm³/mol. The first-order valence-electron chi connectivity index (χ1n) is 8.05. The number of aromatic nitrogens is 1. The molecule has 0 aliphatic heterocycles. The van der Waals surface area contributed by atoms with Gasteiger partial charge in [0.15, 0.2) is 0 Å². The van der Waals surface area contributed by atoms with Crippen molar-refractivity contribution in [3.05, 3.63) is 65.2 Å². The molecule has 1 heterocycles. The van der Waals surface area contributed by atoms with E-state index in [1.165, 1.54) is 41.7 Å². The number of carbonyl (C=O) groups is 1. The second kappa shape index (κ2) is 8.22. The van der Waals surface area contributed by atoms with Crippen molar-refractivity contribution < 1.29 is 22.7 Å². The average Bonchev–Trinajstić information content (AvgIpc) is 3.03. The second-order valence-corrected chi connectivity index (χ2v) is 6.65. The van der Waals surface area contributed by atoms with Crippen LogP contribution >= 0.6 is 11.3 Å². The molecule has 4 nitrogen and oxygen atoms in total. The van der Waals surface area contributed by atoms with Crippen LogP contribution in [0.25, 0.3) is 16.3 Å². The number of alkyl halides is 3. The van der Waals surface area contributed by atoms with Gasteiger partial charge in [-0.3, -0.25) is 4.79 Å². The fraction of sp³-hybridized carbons (Fsp3) is 0.158. The number of rotatable bonds is 6. The lowest BCUT2D eigenvalue weighted by atomic mass is 10.1. The summed E-state index contributed by atoms with van der Waals surface area (Å²) >= 11 is 1.50. The van der Waals surface area contributed by atoms with Gasteiger partial charge in [0.2, 0.25) is 5.91 Å². The van der Waals surface area contributed by atoms with Crippen molar-refractivity contribution in [1.29, 1.82) is 0 Å². The van der Waals surface area contributed by atoms with E-state index in [0.717, 1.165) is 20.8 Å². The standard InChI is InChI=1S/C19H15F3N2O2S/c20-19(21,22)26-14-7-5-13(6-8-14)11-12-23-17(25)9-10-18-24-15-3-1-2-4-16(15)27-18/h1-10H,11-12H2,(H,23,25)/b10-9+. The van der Waals surface area contributed by atoms with E-state index >= 15 is 0 Å². The second-order valence-electron chi connectivity index (χ2n) is 5.59. The number of nitrogens with one attached hydrogen (secondary N) is 1. The maximum atomic E-state index is 12.1. The van der Waals surface area contributed by atoms with E-state index < -0.39 is 6.36 Å². The van der Waals surface area contributed by atoms with Crippen molar-refractivity contribution in [3.63, 3.8) is 0 Å². The molecule has 0 aliphatic carbocycles. The van der Waals surface area contributed by atoms with Crippen LogP contribution in [0.2, 0.25) is 0 Å². The van der Waals surface area contributed by atoms with Gasteiger partial charge in [0, 0.05) is 12.6 Å². The number of fused-ring (bicyclic) bond motifs is 1. The fourth-order valence-electron chi connectivity index (χ4n) is 2.36. The lowest BCUT2D eigenvalue weighted by molar-refractivity contribution is -0.274. The molecule has 0 saturated carbocycles. The van der Waals surface area contributed by atoms with Gasteiger partial charge >= 0.3 is 6.36 Å². The molecule has 0 aliphatic rings. The largest absolute Gasteiger partial charge is 0.573 e. The molecule has 3 rings (SSSR count). The summed E-state index contributed by atoms with van der Waals surface area (Å²) < 4.78 is 41.2. The van der Waals surface area contributed by atoms with Gasteiger partial charge in [-0.2, -0.15) is 0 Å². The van der Waals surface area contributed by atoms with Crippen LogP contribution in [0.15, 0.2) is 54.6 Å². The molecule has 3 aromatic rings. The van der Waals surface area contributed by atoms with Gasteiger partial charge in [-0.25, -0.2) is 4.98 Å². The zero-order valence-electron chi connectivity index (χ0n) is 14.0. The third-order valence-electron chi connectivity index (χ3n) is 3.56. The maximum absolute atomic E-state index is 12.1. The van der Waals surface area contributed by atoms with Gasteiger partial charge in [0.25, 0.3) is 0 Å². The molecule has 0 atom stereocenters. The Morgan fingerprint density at radius 1 is 1.15 bits per heavy atom. The van der Waals surface area contributed by atoms with E-state index in [-0.39, 0.29) is 11.7 Å². The SMILES string of the molecule is O=C(/C=C/c1nc2ccccc2s1)NCCc1ccc(OC(F)(F)F)cc1. The van der Waals surface area contributed by atoms with Crippen LogP contribution in [0.3, 0.4) is 0 Å². The molecule has 1 aromatic heterocycles. The molecule has 8 heteroatoms. The van der Waals surface area contributed by atoms with Crippen LogP contribution < -0.4 is 10.1 Å². The smallest absolute Gasteiger partial charge is 0.406 e. The topological polar surface area (TPSA) is 51.2 Å².